The number of nitrogens with one attached hydrogen (secondary N) is 2. The van der Waals surface area contributed by atoms with Crippen molar-refractivity contribution in [2.75, 3.05) is 13.1 Å². The van der Waals surface area contributed by atoms with Gasteiger partial charge in [0.15, 0.2) is 0 Å². The summed E-state index contributed by atoms with van der Waals surface area (Å²) >= 11 is 1.55. The summed E-state index contributed by atoms with van der Waals surface area (Å²) in [7, 11) is 0. The van der Waals surface area contributed by atoms with Crippen molar-refractivity contribution in [3.63, 3.8) is 0 Å². The van der Waals surface area contributed by atoms with Crippen LogP contribution < -0.4 is 10.6 Å². The molecular formula is C16H22Cl2N4OS. The first-order chi connectivity index (χ1) is 10.7. The molecule has 3 heterocycles. The molecule has 2 aromatic rings. The van der Waals surface area contributed by atoms with E-state index in [1.165, 1.54) is 0 Å². The Bertz CT molecular complexity index is 638. The molecule has 24 heavy (non-hydrogen) atoms. The molecular weight excluding hydrogens is 367 g/mol. The van der Waals surface area contributed by atoms with E-state index < -0.39 is 0 Å². The summed E-state index contributed by atoms with van der Waals surface area (Å²) in [6, 6.07) is 4.14. The molecule has 1 fully saturated rings. The summed E-state index contributed by atoms with van der Waals surface area (Å²) in [6.45, 7) is 4.10. The first-order valence-corrected chi connectivity index (χ1v) is 8.45. The number of rotatable bonds is 4. The molecule has 5 nitrogen and oxygen atoms in total. The van der Waals surface area contributed by atoms with Crippen molar-refractivity contribution in [1.29, 1.82) is 0 Å². The molecule has 1 aliphatic rings. The maximum atomic E-state index is 12.2. The van der Waals surface area contributed by atoms with Crippen LogP contribution in [0.4, 0.5) is 0 Å². The van der Waals surface area contributed by atoms with E-state index in [2.05, 4.69) is 27.5 Å². The zero-order valence-electron chi connectivity index (χ0n) is 13.4. The lowest BCUT2D eigenvalue weighted by Crippen LogP contribution is -2.48. The monoisotopic (exact) mass is 388 g/mol. The van der Waals surface area contributed by atoms with E-state index in [9.17, 15) is 4.79 Å². The van der Waals surface area contributed by atoms with Gasteiger partial charge in [-0.25, -0.2) is 4.98 Å². The van der Waals surface area contributed by atoms with Gasteiger partial charge in [0.1, 0.15) is 5.01 Å². The minimum Gasteiger partial charge on any atom is -0.353 e. The fourth-order valence-corrected chi connectivity index (χ4v) is 3.47. The Kier molecular flexibility index (Phi) is 8.62. The number of aromatic nitrogens is 2. The van der Waals surface area contributed by atoms with Crippen LogP contribution in [0.25, 0.3) is 10.6 Å². The molecule has 1 amide bonds. The maximum absolute atomic E-state index is 12.2. The molecule has 1 saturated heterocycles. The van der Waals surface area contributed by atoms with E-state index in [0.717, 1.165) is 35.8 Å². The van der Waals surface area contributed by atoms with Crippen molar-refractivity contribution < 1.29 is 4.79 Å². The van der Waals surface area contributed by atoms with Crippen LogP contribution in [-0.2, 0) is 11.2 Å². The highest BCUT2D eigenvalue weighted by Gasteiger charge is 2.22. The van der Waals surface area contributed by atoms with Crippen molar-refractivity contribution in [2.24, 2.45) is 5.92 Å². The van der Waals surface area contributed by atoms with Gasteiger partial charge in [0.05, 0.1) is 12.1 Å². The second-order valence-electron chi connectivity index (χ2n) is 5.71. The molecule has 0 aliphatic carbocycles. The van der Waals surface area contributed by atoms with E-state index in [1.807, 2.05) is 17.5 Å². The number of thiazole rings is 1. The van der Waals surface area contributed by atoms with Gasteiger partial charge in [0, 0.05) is 29.4 Å². The van der Waals surface area contributed by atoms with Gasteiger partial charge in [-0.1, -0.05) is 6.92 Å². The van der Waals surface area contributed by atoms with Crippen LogP contribution in [-0.4, -0.2) is 35.0 Å². The summed E-state index contributed by atoms with van der Waals surface area (Å²) < 4.78 is 0. The highest BCUT2D eigenvalue weighted by molar-refractivity contribution is 7.13. The van der Waals surface area contributed by atoms with Crippen molar-refractivity contribution >= 4 is 42.1 Å². The van der Waals surface area contributed by atoms with E-state index in [0.29, 0.717) is 12.3 Å². The minimum absolute atomic E-state index is 0. The van der Waals surface area contributed by atoms with Crippen molar-refractivity contribution in [3.05, 3.63) is 35.6 Å². The molecule has 2 N–H and O–H groups in total. The van der Waals surface area contributed by atoms with Crippen LogP contribution >= 0.6 is 36.2 Å². The second kappa shape index (κ2) is 9.93. The molecule has 132 valence electrons. The van der Waals surface area contributed by atoms with Crippen molar-refractivity contribution in [2.45, 2.75) is 25.8 Å². The Morgan fingerprint density at radius 2 is 2.29 bits per heavy atom. The molecule has 0 aromatic carbocycles. The van der Waals surface area contributed by atoms with E-state index >= 15 is 0 Å². The average molecular weight is 389 g/mol. The third-order valence-electron chi connectivity index (χ3n) is 3.93. The smallest absolute Gasteiger partial charge is 0.226 e. The molecule has 2 atom stereocenters. The van der Waals surface area contributed by atoms with Gasteiger partial charge in [0.2, 0.25) is 5.91 Å². The number of halogens is 2. The lowest BCUT2D eigenvalue weighted by molar-refractivity contribution is -0.121. The second-order valence-corrected chi connectivity index (χ2v) is 6.56. The number of hydrogen-bond acceptors (Lipinski definition) is 5. The molecule has 8 heteroatoms. The number of nitrogens with zero attached hydrogens (tertiary/aromatic N) is 2. The maximum Gasteiger partial charge on any atom is 0.226 e. The summed E-state index contributed by atoms with van der Waals surface area (Å²) in [4.78, 5) is 20.8. The third-order valence-corrected chi connectivity index (χ3v) is 4.87. The number of carbonyl (C=O) groups excluding carboxylic acids is 1. The van der Waals surface area contributed by atoms with E-state index in [-0.39, 0.29) is 36.8 Å². The fraction of sp³-hybridized carbons (Fsp3) is 0.438. The SMILES string of the molecule is CC1CNCCC1NC(=O)Cc1csc(-c2cccnc2)n1.Cl.Cl. The predicted molar refractivity (Wildman–Crippen MR) is 102 cm³/mol. The molecule has 0 spiro atoms. The van der Waals surface area contributed by atoms with Gasteiger partial charge in [0.25, 0.3) is 0 Å². The van der Waals surface area contributed by atoms with Crippen LogP contribution in [0.5, 0.6) is 0 Å². The Morgan fingerprint density at radius 1 is 1.46 bits per heavy atom. The first kappa shape index (κ1) is 20.8. The Labute approximate surface area is 158 Å². The standard InChI is InChI=1S/C16H20N4OS.2ClH/c1-11-8-18-6-4-14(11)20-15(21)7-13-10-22-16(19-13)12-3-2-5-17-9-12;;/h2-3,5,9-11,14,18H,4,6-8H2,1H3,(H,20,21);2*1H. The number of carbonyl (C=O) groups is 1. The summed E-state index contributed by atoms with van der Waals surface area (Å²) in [5.74, 6) is 0.529. The number of pyridine rings is 1. The number of amides is 1. The molecule has 0 saturated carbocycles. The van der Waals surface area contributed by atoms with Crippen LogP contribution in [0, 0.1) is 5.92 Å². The highest BCUT2D eigenvalue weighted by atomic mass is 35.5. The molecule has 2 unspecified atom stereocenters. The first-order valence-electron chi connectivity index (χ1n) is 7.57. The zero-order chi connectivity index (χ0) is 15.4. The van der Waals surface area contributed by atoms with Gasteiger partial charge < -0.3 is 10.6 Å². The molecule has 3 rings (SSSR count). The topological polar surface area (TPSA) is 66.9 Å². The molecule has 0 radical (unpaired) electrons. The van der Waals surface area contributed by atoms with Gasteiger partial charge in [-0.2, -0.15) is 0 Å². The summed E-state index contributed by atoms with van der Waals surface area (Å²) in [6.07, 6.45) is 4.86. The van der Waals surface area contributed by atoms with Crippen LogP contribution in [0.3, 0.4) is 0 Å². The van der Waals surface area contributed by atoms with Crippen LogP contribution in [0.2, 0.25) is 0 Å². The molecule has 1 aliphatic heterocycles. The number of hydrogen-bond donors (Lipinski definition) is 2. The predicted octanol–water partition coefficient (Wildman–Crippen LogP) is 2.71. The summed E-state index contributed by atoms with van der Waals surface area (Å²) in [5.41, 5.74) is 1.81. The fourth-order valence-electron chi connectivity index (χ4n) is 2.66. The molecule has 2 aromatic heterocycles. The van der Waals surface area contributed by atoms with E-state index in [4.69, 9.17) is 0 Å². The van der Waals surface area contributed by atoms with Crippen molar-refractivity contribution in [3.8, 4) is 10.6 Å². The van der Waals surface area contributed by atoms with Gasteiger partial charge in [-0.3, -0.25) is 9.78 Å². The Hall–Kier alpha value is -1.21. The quantitative estimate of drug-likeness (QED) is 0.844. The zero-order valence-corrected chi connectivity index (χ0v) is 15.8. The molecule has 0 bridgehead atoms. The van der Waals surface area contributed by atoms with Gasteiger partial charge in [-0.15, -0.1) is 36.2 Å². The summed E-state index contributed by atoms with van der Waals surface area (Å²) in [5, 5.41) is 9.34. The van der Waals surface area contributed by atoms with Crippen molar-refractivity contribution in [1.82, 2.24) is 20.6 Å². The lowest BCUT2D eigenvalue weighted by atomic mass is 9.95. The number of piperidine rings is 1. The minimum atomic E-state index is 0. The van der Waals surface area contributed by atoms with Gasteiger partial charge in [-0.05, 0) is 37.6 Å². The lowest BCUT2D eigenvalue weighted by Gasteiger charge is -2.30. The Balaban J connectivity index is 0.00000144. The van der Waals surface area contributed by atoms with Crippen LogP contribution in [0.1, 0.15) is 19.0 Å². The largest absolute Gasteiger partial charge is 0.353 e. The Morgan fingerprint density at radius 3 is 3.00 bits per heavy atom. The highest BCUT2D eigenvalue weighted by Crippen LogP contribution is 2.22. The van der Waals surface area contributed by atoms with Crippen LogP contribution in [0.15, 0.2) is 29.9 Å². The normalized spacial score (nSPS) is 19.7. The average Bonchev–Trinajstić information content (AvgIpc) is 2.99. The van der Waals surface area contributed by atoms with E-state index in [1.54, 1.807) is 23.7 Å². The third kappa shape index (κ3) is 5.41. The van der Waals surface area contributed by atoms with Gasteiger partial charge >= 0.3 is 0 Å².